The zero-order chi connectivity index (χ0) is 20.6. The molecule has 1 N–H and O–H groups in total. The number of methoxy groups -OCH3 is 1. The van der Waals surface area contributed by atoms with Crippen molar-refractivity contribution in [3.63, 3.8) is 0 Å². The van der Waals surface area contributed by atoms with Crippen molar-refractivity contribution < 1.29 is 19.1 Å². The number of amides is 1. The van der Waals surface area contributed by atoms with E-state index < -0.39 is 5.97 Å². The van der Waals surface area contributed by atoms with Crippen LogP contribution in [0.4, 0.5) is 0 Å². The summed E-state index contributed by atoms with van der Waals surface area (Å²) in [5, 5.41) is 4.48. The predicted octanol–water partition coefficient (Wildman–Crippen LogP) is 4.33. The van der Waals surface area contributed by atoms with Gasteiger partial charge in [0.15, 0.2) is 0 Å². The Kier molecular flexibility index (Phi) is 6.60. The maximum absolute atomic E-state index is 12.2. The van der Waals surface area contributed by atoms with Gasteiger partial charge < -0.3 is 9.47 Å². The van der Waals surface area contributed by atoms with Crippen molar-refractivity contribution >= 4 is 29.7 Å². The Balaban J connectivity index is 1.62. The lowest BCUT2D eigenvalue weighted by Gasteiger charge is -2.05. The first-order valence-corrected chi connectivity index (χ1v) is 8.98. The number of benzene rings is 3. The normalized spacial score (nSPS) is 10.6. The Morgan fingerprint density at radius 3 is 2.41 bits per heavy atom. The zero-order valence-corrected chi connectivity index (χ0v) is 16.2. The summed E-state index contributed by atoms with van der Waals surface area (Å²) in [6.45, 7) is 0. The Bertz CT molecular complexity index is 1050. The molecule has 0 unspecified atom stereocenters. The van der Waals surface area contributed by atoms with E-state index in [9.17, 15) is 9.59 Å². The van der Waals surface area contributed by atoms with Crippen molar-refractivity contribution in [1.82, 2.24) is 5.43 Å². The first kappa shape index (κ1) is 20.1. The van der Waals surface area contributed by atoms with E-state index in [1.165, 1.54) is 13.3 Å². The fourth-order valence-electron chi connectivity index (χ4n) is 2.40. The highest BCUT2D eigenvalue weighted by Crippen LogP contribution is 2.16. The SMILES string of the molecule is COc1cccc(C(=O)N/N=C\c2cccc(OC(=O)c3ccc(Cl)cc3)c2)c1. The molecular formula is C22H17ClN2O4. The lowest BCUT2D eigenvalue weighted by Crippen LogP contribution is -2.17. The maximum Gasteiger partial charge on any atom is 0.343 e. The summed E-state index contributed by atoms with van der Waals surface area (Å²) in [6.07, 6.45) is 1.46. The average Bonchev–Trinajstić information content (AvgIpc) is 2.74. The van der Waals surface area contributed by atoms with Crippen LogP contribution in [-0.4, -0.2) is 25.2 Å². The van der Waals surface area contributed by atoms with Crippen molar-refractivity contribution in [2.75, 3.05) is 7.11 Å². The lowest BCUT2D eigenvalue weighted by atomic mass is 10.2. The molecule has 0 atom stereocenters. The highest BCUT2D eigenvalue weighted by Gasteiger charge is 2.09. The van der Waals surface area contributed by atoms with Crippen LogP contribution in [0.1, 0.15) is 26.3 Å². The number of carbonyl (C=O) groups is 2. The van der Waals surface area contributed by atoms with Crippen LogP contribution in [-0.2, 0) is 0 Å². The molecule has 0 fully saturated rings. The smallest absolute Gasteiger partial charge is 0.343 e. The largest absolute Gasteiger partial charge is 0.497 e. The van der Waals surface area contributed by atoms with Crippen molar-refractivity contribution in [2.24, 2.45) is 5.10 Å². The van der Waals surface area contributed by atoms with Crippen LogP contribution in [0.2, 0.25) is 5.02 Å². The molecule has 1 amide bonds. The zero-order valence-electron chi connectivity index (χ0n) is 15.5. The van der Waals surface area contributed by atoms with E-state index in [-0.39, 0.29) is 5.91 Å². The molecule has 0 aliphatic rings. The standard InChI is InChI=1S/C22H17ClN2O4/c1-28-19-6-3-5-17(13-19)21(26)25-24-14-15-4-2-7-20(12-15)29-22(27)16-8-10-18(23)11-9-16/h2-14H,1H3,(H,25,26)/b24-14-. The van der Waals surface area contributed by atoms with Gasteiger partial charge >= 0.3 is 5.97 Å². The number of hydrazone groups is 1. The monoisotopic (exact) mass is 408 g/mol. The number of nitrogens with one attached hydrogen (secondary N) is 1. The van der Waals surface area contributed by atoms with Gasteiger partial charge in [0.2, 0.25) is 0 Å². The van der Waals surface area contributed by atoms with Gasteiger partial charge in [-0.2, -0.15) is 5.10 Å². The Morgan fingerprint density at radius 2 is 1.66 bits per heavy atom. The van der Waals surface area contributed by atoms with E-state index in [1.54, 1.807) is 72.8 Å². The van der Waals surface area contributed by atoms with Crippen molar-refractivity contribution in [2.45, 2.75) is 0 Å². The summed E-state index contributed by atoms with van der Waals surface area (Å²) in [4.78, 5) is 24.3. The molecule has 0 aliphatic heterocycles. The predicted molar refractivity (Wildman–Crippen MR) is 111 cm³/mol. The third-order valence-electron chi connectivity index (χ3n) is 3.86. The molecule has 7 heteroatoms. The maximum atomic E-state index is 12.2. The molecule has 3 aromatic carbocycles. The molecule has 0 saturated carbocycles. The van der Waals surface area contributed by atoms with Crippen molar-refractivity contribution in [3.05, 3.63) is 94.5 Å². The molecule has 0 aliphatic carbocycles. The summed E-state index contributed by atoms with van der Waals surface area (Å²) in [6, 6.07) is 19.9. The topological polar surface area (TPSA) is 77.0 Å². The summed E-state index contributed by atoms with van der Waals surface area (Å²) >= 11 is 5.82. The fourth-order valence-corrected chi connectivity index (χ4v) is 2.53. The Labute approximate surface area is 172 Å². The van der Waals surface area contributed by atoms with Gasteiger partial charge in [-0.05, 0) is 60.2 Å². The molecule has 3 aromatic rings. The van der Waals surface area contributed by atoms with Gasteiger partial charge in [0, 0.05) is 10.6 Å². The van der Waals surface area contributed by atoms with Crippen molar-refractivity contribution in [3.8, 4) is 11.5 Å². The number of ether oxygens (including phenoxy) is 2. The molecule has 0 saturated heterocycles. The second kappa shape index (κ2) is 9.52. The molecule has 0 radical (unpaired) electrons. The number of nitrogens with zero attached hydrogens (tertiary/aromatic N) is 1. The highest BCUT2D eigenvalue weighted by molar-refractivity contribution is 6.30. The van der Waals surface area contributed by atoms with Crippen LogP contribution in [0.3, 0.4) is 0 Å². The molecule has 146 valence electrons. The summed E-state index contributed by atoms with van der Waals surface area (Å²) in [5.41, 5.74) is 3.91. The second-order valence-corrected chi connectivity index (χ2v) is 6.34. The number of carbonyl (C=O) groups excluding carboxylic acids is 2. The molecular weight excluding hydrogens is 392 g/mol. The minimum atomic E-state index is -0.498. The Morgan fingerprint density at radius 1 is 0.931 bits per heavy atom. The molecule has 0 spiro atoms. The molecule has 0 bridgehead atoms. The third kappa shape index (κ3) is 5.67. The average molecular weight is 409 g/mol. The van der Waals surface area contributed by atoms with Crippen LogP contribution in [0.15, 0.2) is 77.9 Å². The summed E-state index contributed by atoms with van der Waals surface area (Å²) in [7, 11) is 1.53. The van der Waals surface area contributed by atoms with E-state index in [2.05, 4.69) is 10.5 Å². The number of hydrogen-bond donors (Lipinski definition) is 1. The quantitative estimate of drug-likeness (QED) is 0.285. The van der Waals surface area contributed by atoms with Crippen LogP contribution >= 0.6 is 11.6 Å². The van der Waals surface area contributed by atoms with Gasteiger partial charge in [0.25, 0.3) is 5.91 Å². The fraction of sp³-hybridized carbons (Fsp3) is 0.0455. The minimum absolute atomic E-state index is 0.355. The van der Waals surface area contributed by atoms with Gasteiger partial charge in [0.05, 0.1) is 18.9 Å². The minimum Gasteiger partial charge on any atom is -0.497 e. The van der Waals surface area contributed by atoms with Crippen LogP contribution in [0.5, 0.6) is 11.5 Å². The molecule has 6 nitrogen and oxygen atoms in total. The van der Waals surface area contributed by atoms with E-state index in [4.69, 9.17) is 21.1 Å². The first-order chi connectivity index (χ1) is 14.0. The van der Waals surface area contributed by atoms with E-state index >= 15 is 0 Å². The number of rotatable bonds is 6. The number of esters is 1. The molecule has 29 heavy (non-hydrogen) atoms. The van der Waals surface area contributed by atoms with Gasteiger partial charge in [0.1, 0.15) is 11.5 Å². The van der Waals surface area contributed by atoms with Gasteiger partial charge in [-0.25, -0.2) is 10.2 Å². The molecule has 3 rings (SSSR count). The molecule has 0 heterocycles. The molecule has 0 aromatic heterocycles. The van der Waals surface area contributed by atoms with Gasteiger partial charge in [-0.15, -0.1) is 0 Å². The van der Waals surface area contributed by atoms with E-state index in [0.29, 0.717) is 33.2 Å². The van der Waals surface area contributed by atoms with Gasteiger partial charge in [-0.3, -0.25) is 4.79 Å². The number of halogens is 1. The summed E-state index contributed by atoms with van der Waals surface area (Å²) < 4.78 is 10.5. The Hall–Kier alpha value is -3.64. The van der Waals surface area contributed by atoms with Crippen molar-refractivity contribution in [1.29, 1.82) is 0 Å². The second-order valence-electron chi connectivity index (χ2n) is 5.90. The number of hydrogen-bond acceptors (Lipinski definition) is 5. The van der Waals surface area contributed by atoms with Crippen LogP contribution < -0.4 is 14.9 Å². The van der Waals surface area contributed by atoms with Gasteiger partial charge in [-0.1, -0.05) is 29.8 Å². The third-order valence-corrected chi connectivity index (χ3v) is 4.11. The van der Waals surface area contributed by atoms with Crippen LogP contribution in [0.25, 0.3) is 0 Å². The van der Waals surface area contributed by atoms with Crippen LogP contribution in [0, 0.1) is 0 Å². The first-order valence-electron chi connectivity index (χ1n) is 8.60. The van der Waals surface area contributed by atoms with E-state index in [0.717, 1.165) is 0 Å². The summed E-state index contributed by atoms with van der Waals surface area (Å²) in [5.74, 6) is 0.0670. The highest BCUT2D eigenvalue weighted by atomic mass is 35.5. The lowest BCUT2D eigenvalue weighted by molar-refractivity contribution is 0.0734. The van der Waals surface area contributed by atoms with E-state index in [1.807, 2.05) is 0 Å².